The topological polar surface area (TPSA) is 60.5 Å². The van der Waals surface area contributed by atoms with Crippen LogP contribution in [0.2, 0.25) is 0 Å². The van der Waals surface area contributed by atoms with Gasteiger partial charge < -0.3 is 19.9 Å². The Bertz CT molecular complexity index is 489. The molecule has 0 aliphatic carbocycles. The Morgan fingerprint density at radius 1 is 1.50 bits per heavy atom. The maximum atomic E-state index is 12.3. The van der Waals surface area contributed by atoms with Gasteiger partial charge >= 0.3 is 0 Å². The smallest absolute Gasteiger partial charge is 0.267 e. The van der Waals surface area contributed by atoms with Gasteiger partial charge in [0.1, 0.15) is 10.7 Å². The van der Waals surface area contributed by atoms with E-state index in [2.05, 4.69) is 0 Å². The van der Waals surface area contributed by atoms with Gasteiger partial charge in [-0.1, -0.05) is 11.3 Å². The molecule has 0 radical (unpaired) electrons. The van der Waals surface area contributed by atoms with Crippen molar-refractivity contribution in [3.8, 4) is 0 Å². The SMILES string of the molecule is COCCn1c(N)c(C(=O)N2CCCC2)sc1=S. The number of likely N-dealkylation sites (tertiary alicyclic amines) is 1. The van der Waals surface area contributed by atoms with Crippen molar-refractivity contribution in [2.75, 3.05) is 32.5 Å². The fourth-order valence-corrected chi connectivity index (χ4v) is 3.37. The largest absolute Gasteiger partial charge is 0.384 e. The molecule has 0 saturated carbocycles. The summed E-state index contributed by atoms with van der Waals surface area (Å²) < 4.78 is 7.41. The number of methoxy groups -OCH3 is 1. The quantitative estimate of drug-likeness (QED) is 0.857. The second kappa shape index (κ2) is 5.81. The minimum Gasteiger partial charge on any atom is -0.384 e. The van der Waals surface area contributed by atoms with Crippen molar-refractivity contribution in [3.63, 3.8) is 0 Å². The Balaban J connectivity index is 2.23. The molecular formula is C11H17N3O2S2. The number of carbonyl (C=O) groups excluding carboxylic acids is 1. The lowest BCUT2D eigenvalue weighted by atomic mass is 10.4. The van der Waals surface area contributed by atoms with E-state index in [1.54, 1.807) is 11.7 Å². The van der Waals surface area contributed by atoms with Gasteiger partial charge in [0, 0.05) is 26.7 Å². The zero-order valence-electron chi connectivity index (χ0n) is 10.3. The summed E-state index contributed by atoms with van der Waals surface area (Å²) in [6.07, 6.45) is 2.14. The molecule has 2 N–H and O–H groups in total. The maximum Gasteiger partial charge on any atom is 0.267 e. The number of nitrogens with two attached hydrogens (primary N) is 1. The Kier molecular flexibility index (Phi) is 4.36. The Hall–Kier alpha value is -0.920. The first-order chi connectivity index (χ1) is 8.65. The molecule has 1 saturated heterocycles. The van der Waals surface area contributed by atoms with Crippen LogP contribution in [0.1, 0.15) is 22.5 Å². The molecule has 1 fully saturated rings. The molecule has 0 bridgehead atoms. The van der Waals surface area contributed by atoms with Gasteiger partial charge in [0.25, 0.3) is 5.91 Å². The zero-order valence-corrected chi connectivity index (χ0v) is 12.0. The number of hydrogen-bond donors (Lipinski definition) is 1. The summed E-state index contributed by atoms with van der Waals surface area (Å²) >= 11 is 6.54. The van der Waals surface area contributed by atoms with Crippen LogP contribution in [0.3, 0.4) is 0 Å². The molecule has 2 heterocycles. The van der Waals surface area contributed by atoms with E-state index in [0.29, 0.717) is 27.8 Å². The number of amides is 1. The second-order valence-electron chi connectivity index (χ2n) is 4.23. The second-order valence-corrected chi connectivity index (χ2v) is 5.87. The summed E-state index contributed by atoms with van der Waals surface area (Å²) in [6, 6.07) is 0. The normalized spacial score (nSPS) is 15.3. The first-order valence-corrected chi connectivity index (χ1v) is 7.15. The van der Waals surface area contributed by atoms with Crippen molar-refractivity contribution in [2.45, 2.75) is 19.4 Å². The molecule has 0 spiro atoms. The van der Waals surface area contributed by atoms with Crippen molar-refractivity contribution in [2.24, 2.45) is 0 Å². The van der Waals surface area contributed by atoms with E-state index in [0.717, 1.165) is 25.9 Å². The number of ether oxygens (including phenoxy) is 1. The van der Waals surface area contributed by atoms with Crippen LogP contribution in [0.4, 0.5) is 5.82 Å². The number of anilines is 1. The van der Waals surface area contributed by atoms with Crippen LogP contribution in [0.15, 0.2) is 0 Å². The third-order valence-corrected chi connectivity index (χ3v) is 4.49. The number of nitrogens with zero attached hydrogens (tertiary/aromatic N) is 2. The molecular weight excluding hydrogens is 270 g/mol. The van der Waals surface area contributed by atoms with Crippen molar-refractivity contribution < 1.29 is 9.53 Å². The highest BCUT2D eigenvalue weighted by atomic mass is 32.1. The first-order valence-electron chi connectivity index (χ1n) is 5.92. The molecule has 1 aliphatic heterocycles. The Labute approximate surface area is 115 Å². The van der Waals surface area contributed by atoms with E-state index in [9.17, 15) is 4.79 Å². The number of carbonyl (C=O) groups is 1. The summed E-state index contributed by atoms with van der Waals surface area (Å²) in [5.74, 6) is 0.483. The predicted octanol–water partition coefficient (Wildman–Crippen LogP) is 1.74. The van der Waals surface area contributed by atoms with Crippen LogP contribution >= 0.6 is 23.6 Å². The minimum absolute atomic E-state index is 0.0114. The van der Waals surface area contributed by atoms with Gasteiger partial charge in [-0.15, -0.1) is 0 Å². The van der Waals surface area contributed by atoms with Crippen LogP contribution in [0, 0.1) is 3.95 Å². The molecule has 1 aromatic rings. The average Bonchev–Trinajstić information content (AvgIpc) is 2.96. The van der Waals surface area contributed by atoms with Crippen LogP contribution in [0.5, 0.6) is 0 Å². The Morgan fingerprint density at radius 3 is 2.78 bits per heavy atom. The first kappa shape index (κ1) is 13.5. The lowest BCUT2D eigenvalue weighted by Gasteiger charge is -2.14. The van der Waals surface area contributed by atoms with Crippen molar-refractivity contribution >= 4 is 35.3 Å². The molecule has 0 unspecified atom stereocenters. The van der Waals surface area contributed by atoms with Gasteiger partial charge in [0.15, 0.2) is 3.95 Å². The van der Waals surface area contributed by atoms with E-state index in [1.807, 2.05) is 4.90 Å². The van der Waals surface area contributed by atoms with Gasteiger partial charge in [-0.05, 0) is 25.1 Å². The molecule has 100 valence electrons. The summed E-state index contributed by atoms with van der Waals surface area (Å²) in [5.41, 5.74) is 6.02. The standard InChI is InChI=1S/C11H17N3O2S2/c1-16-7-6-14-9(12)8(18-11(14)17)10(15)13-4-2-3-5-13/h2-7,12H2,1H3. The van der Waals surface area contributed by atoms with Gasteiger partial charge in [-0.2, -0.15) is 0 Å². The lowest BCUT2D eigenvalue weighted by Crippen LogP contribution is -2.27. The molecule has 7 heteroatoms. The molecule has 1 aliphatic rings. The number of hydrogen-bond acceptors (Lipinski definition) is 5. The van der Waals surface area contributed by atoms with E-state index in [4.69, 9.17) is 22.7 Å². The van der Waals surface area contributed by atoms with Crippen molar-refractivity contribution in [1.29, 1.82) is 0 Å². The maximum absolute atomic E-state index is 12.3. The van der Waals surface area contributed by atoms with E-state index >= 15 is 0 Å². The minimum atomic E-state index is 0.0114. The molecule has 2 rings (SSSR count). The number of thiazole rings is 1. The summed E-state index contributed by atoms with van der Waals surface area (Å²) in [7, 11) is 1.63. The van der Waals surface area contributed by atoms with Gasteiger partial charge in [-0.3, -0.25) is 4.79 Å². The fourth-order valence-electron chi connectivity index (χ4n) is 2.03. The highest BCUT2D eigenvalue weighted by Crippen LogP contribution is 2.25. The molecule has 0 atom stereocenters. The molecule has 1 amide bonds. The number of rotatable bonds is 4. The molecule has 5 nitrogen and oxygen atoms in total. The molecule has 18 heavy (non-hydrogen) atoms. The average molecular weight is 287 g/mol. The number of aromatic nitrogens is 1. The predicted molar refractivity (Wildman–Crippen MR) is 74.6 cm³/mol. The highest BCUT2D eigenvalue weighted by Gasteiger charge is 2.24. The van der Waals surface area contributed by atoms with E-state index in [1.165, 1.54) is 11.3 Å². The summed E-state index contributed by atoms with van der Waals surface area (Å²) in [6.45, 7) is 2.76. The molecule has 1 aromatic heterocycles. The van der Waals surface area contributed by atoms with Crippen LogP contribution < -0.4 is 5.73 Å². The van der Waals surface area contributed by atoms with Crippen molar-refractivity contribution in [3.05, 3.63) is 8.83 Å². The lowest BCUT2D eigenvalue weighted by molar-refractivity contribution is 0.0798. The summed E-state index contributed by atoms with van der Waals surface area (Å²) in [4.78, 5) is 14.7. The third-order valence-electron chi connectivity index (χ3n) is 3.04. The van der Waals surface area contributed by atoms with Crippen LogP contribution in [0.25, 0.3) is 0 Å². The molecule has 0 aromatic carbocycles. The van der Waals surface area contributed by atoms with Crippen LogP contribution in [-0.4, -0.2) is 42.2 Å². The number of nitrogen functional groups attached to an aromatic ring is 1. The summed E-state index contributed by atoms with van der Waals surface area (Å²) in [5, 5.41) is 0. The zero-order chi connectivity index (χ0) is 13.1. The van der Waals surface area contributed by atoms with Gasteiger partial charge in [0.2, 0.25) is 0 Å². The van der Waals surface area contributed by atoms with E-state index in [-0.39, 0.29) is 5.91 Å². The van der Waals surface area contributed by atoms with E-state index < -0.39 is 0 Å². The van der Waals surface area contributed by atoms with Gasteiger partial charge in [0.05, 0.1) is 6.61 Å². The highest BCUT2D eigenvalue weighted by molar-refractivity contribution is 7.73. The van der Waals surface area contributed by atoms with Crippen molar-refractivity contribution in [1.82, 2.24) is 9.47 Å². The van der Waals surface area contributed by atoms with Crippen LogP contribution in [-0.2, 0) is 11.3 Å². The van der Waals surface area contributed by atoms with Gasteiger partial charge in [-0.25, -0.2) is 0 Å². The fraction of sp³-hybridized carbons (Fsp3) is 0.636. The third kappa shape index (κ3) is 2.57. The Morgan fingerprint density at radius 2 is 2.17 bits per heavy atom. The monoisotopic (exact) mass is 287 g/mol.